The molecule has 1 amide bonds. The zero-order chi connectivity index (χ0) is 15.4. The molecule has 5 heteroatoms. The van der Waals surface area contributed by atoms with Gasteiger partial charge in [0.25, 0.3) is 5.91 Å². The number of aliphatic hydroxyl groups excluding tert-OH is 1. The maximum absolute atomic E-state index is 12.0. The number of ketones is 1. The van der Waals surface area contributed by atoms with E-state index in [1.807, 2.05) is 6.92 Å². The average Bonchev–Trinajstić information content (AvgIpc) is 2.47. The largest absolute Gasteiger partial charge is 0.367 e. The molecular formula is C16H14ClNO3. The number of Topliss-reactive ketones (excluding diaryl/α,β-unsaturated/α-hetero) is 1. The first-order valence-corrected chi connectivity index (χ1v) is 6.70. The van der Waals surface area contributed by atoms with Crippen molar-refractivity contribution in [2.45, 2.75) is 13.2 Å². The topological polar surface area (TPSA) is 66.4 Å². The molecule has 0 saturated heterocycles. The number of aliphatic hydroxyl groups is 1. The van der Waals surface area contributed by atoms with Crippen LogP contribution in [-0.4, -0.2) is 23.0 Å². The molecule has 108 valence electrons. The minimum absolute atomic E-state index is 0.315. The molecule has 0 radical (unpaired) electrons. The highest BCUT2D eigenvalue weighted by molar-refractivity contribution is 6.30. The van der Waals surface area contributed by atoms with Gasteiger partial charge in [0.15, 0.2) is 6.23 Å². The van der Waals surface area contributed by atoms with Crippen molar-refractivity contribution in [2.24, 2.45) is 0 Å². The lowest BCUT2D eigenvalue weighted by Gasteiger charge is -2.12. The Hall–Kier alpha value is -2.17. The molecule has 0 bridgehead atoms. The first-order chi connectivity index (χ1) is 9.97. The highest BCUT2D eigenvalue weighted by atomic mass is 35.5. The summed E-state index contributed by atoms with van der Waals surface area (Å²) in [5.74, 6) is -1.10. The fraction of sp³-hybridized carbons (Fsp3) is 0.125. The second kappa shape index (κ2) is 6.52. The van der Waals surface area contributed by atoms with E-state index >= 15 is 0 Å². The lowest BCUT2D eigenvalue weighted by Crippen LogP contribution is -2.40. The van der Waals surface area contributed by atoms with E-state index in [1.165, 1.54) is 12.1 Å². The Morgan fingerprint density at radius 1 is 1.00 bits per heavy atom. The second-order valence-corrected chi connectivity index (χ2v) is 5.05. The van der Waals surface area contributed by atoms with Crippen LogP contribution in [0.2, 0.25) is 5.02 Å². The van der Waals surface area contributed by atoms with Crippen LogP contribution in [0.5, 0.6) is 0 Å². The lowest BCUT2D eigenvalue weighted by molar-refractivity contribution is 0.0607. The third kappa shape index (κ3) is 3.90. The van der Waals surface area contributed by atoms with Gasteiger partial charge in [-0.3, -0.25) is 9.59 Å². The normalized spacial score (nSPS) is 11.8. The number of hydrogen-bond donors (Lipinski definition) is 2. The van der Waals surface area contributed by atoms with E-state index in [9.17, 15) is 14.7 Å². The highest BCUT2D eigenvalue weighted by Gasteiger charge is 2.19. The van der Waals surface area contributed by atoms with Gasteiger partial charge < -0.3 is 10.4 Å². The van der Waals surface area contributed by atoms with Crippen LogP contribution in [-0.2, 0) is 0 Å². The Morgan fingerprint density at radius 3 is 2.10 bits per heavy atom. The van der Waals surface area contributed by atoms with Gasteiger partial charge in [-0.25, -0.2) is 0 Å². The van der Waals surface area contributed by atoms with Gasteiger partial charge in [0.2, 0.25) is 5.78 Å². The molecule has 0 aromatic heterocycles. The molecule has 0 aliphatic rings. The summed E-state index contributed by atoms with van der Waals surface area (Å²) in [6.45, 7) is 1.90. The standard InChI is InChI=1S/C16H14ClNO3/c1-10-2-4-11(5-3-10)14(19)16(21)18-15(20)12-6-8-13(17)9-7-12/h2-9,16,21H,1H3,(H,18,20)/t16-/m0/s1. The van der Waals surface area contributed by atoms with Crippen LogP contribution in [0.1, 0.15) is 26.3 Å². The van der Waals surface area contributed by atoms with Crippen LogP contribution in [0.3, 0.4) is 0 Å². The number of halogens is 1. The number of aryl methyl sites for hydroxylation is 1. The SMILES string of the molecule is Cc1ccc(C(=O)[C@H](O)NC(=O)c2ccc(Cl)cc2)cc1. The zero-order valence-corrected chi connectivity index (χ0v) is 12.1. The number of benzene rings is 2. The van der Waals surface area contributed by atoms with Gasteiger partial charge in [0.1, 0.15) is 0 Å². The van der Waals surface area contributed by atoms with Crippen LogP contribution in [0.15, 0.2) is 48.5 Å². The summed E-state index contributed by atoms with van der Waals surface area (Å²) >= 11 is 5.73. The van der Waals surface area contributed by atoms with E-state index in [2.05, 4.69) is 5.32 Å². The van der Waals surface area contributed by atoms with Crippen molar-refractivity contribution < 1.29 is 14.7 Å². The van der Waals surface area contributed by atoms with E-state index in [-0.39, 0.29) is 0 Å². The summed E-state index contributed by atoms with van der Waals surface area (Å²) in [4.78, 5) is 23.9. The molecule has 0 aliphatic heterocycles. The Morgan fingerprint density at radius 2 is 1.52 bits per heavy atom. The predicted octanol–water partition coefficient (Wildman–Crippen LogP) is 2.58. The van der Waals surface area contributed by atoms with Crippen molar-refractivity contribution in [1.82, 2.24) is 5.32 Å². The van der Waals surface area contributed by atoms with Crippen molar-refractivity contribution >= 4 is 23.3 Å². The van der Waals surface area contributed by atoms with Gasteiger partial charge >= 0.3 is 0 Å². The number of carbonyl (C=O) groups is 2. The molecule has 2 aromatic rings. The molecule has 0 unspecified atom stereocenters. The molecule has 2 N–H and O–H groups in total. The first-order valence-electron chi connectivity index (χ1n) is 6.33. The summed E-state index contributed by atoms with van der Waals surface area (Å²) in [7, 11) is 0. The van der Waals surface area contributed by atoms with Gasteiger partial charge in [-0.2, -0.15) is 0 Å². The van der Waals surface area contributed by atoms with Gasteiger partial charge in [-0.05, 0) is 31.2 Å². The Balaban J connectivity index is 2.05. The van der Waals surface area contributed by atoms with E-state index in [1.54, 1.807) is 36.4 Å². The van der Waals surface area contributed by atoms with Crippen LogP contribution >= 0.6 is 11.6 Å². The van der Waals surface area contributed by atoms with Crippen LogP contribution in [0, 0.1) is 6.92 Å². The minimum Gasteiger partial charge on any atom is -0.367 e. The minimum atomic E-state index is -1.59. The number of rotatable bonds is 4. The zero-order valence-electron chi connectivity index (χ0n) is 11.3. The molecule has 0 spiro atoms. The first kappa shape index (κ1) is 15.2. The van der Waals surface area contributed by atoms with Crippen molar-refractivity contribution in [3.8, 4) is 0 Å². The molecule has 0 fully saturated rings. The fourth-order valence-electron chi connectivity index (χ4n) is 1.75. The van der Waals surface area contributed by atoms with Crippen molar-refractivity contribution in [2.75, 3.05) is 0 Å². The van der Waals surface area contributed by atoms with Crippen LogP contribution in [0.25, 0.3) is 0 Å². The van der Waals surface area contributed by atoms with Gasteiger partial charge in [-0.15, -0.1) is 0 Å². The molecule has 0 aliphatic carbocycles. The lowest BCUT2D eigenvalue weighted by atomic mass is 10.1. The van der Waals surface area contributed by atoms with Crippen molar-refractivity contribution in [1.29, 1.82) is 0 Å². The third-order valence-electron chi connectivity index (χ3n) is 2.96. The Kier molecular flexibility index (Phi) is 4.73. The average molecular weight is 304 g/mol. The van der Waals surface area contributed by atoms with E-state index < -0.39 is 17.9 Å². The summed E-state index contributed by atoms with van der Waals surface area (Å²) in [6, 6.07) is 12.9. The van der Waals surface area contributed by atoms with Gasteiger partial charge in [0.05, 0.1) is 0 Å². The molecule has 2 rings (SSSR count). The van der Waals surface area contributed by atoms with E-state index in [0.717, 1.165) is 5.56 Å². The fourth-order valence-corrected chi connectivity index (χ4v) is 1.88. The third-order valence-corrected chi connectivity index (χ3v) is 3.21. The molecular weight excluding hydrogens is 290 g/mol. The van der Waals surface area contributed by atoms with Crippen molar-refractivity contribution in [3.63, 3.8) is 0 Å². The number of carbonyl (C=O) groups excluding carboxylic acids is 2. The number of hydrogen-bond acceptors (Lipinski definition) is 3. The second-order valence-electron chi connectivity index (χ2n) is 4.61. The molecule has 21 heavy (non-hydrogen) atoms. The monoisotopic (exact) mass is 303 g/mol. The Labute approximate surface area is 127 Å². The molecule has 4 nitrogen and oxygen atoms in total. The van der Waals surface area contributed by atoms with Crippen molar-refractivity contribution in [3.05, 3.63) is 70.2 Å². The summed E-state index contributed by atoms with van der Waals surface area (Å²) in [5.41, 5.74) is 1.66. The van der Waals surface area contributed by atoms with Crippen LogP contribution < -0.4 is 5.32 Å². The quantitative estimate of drug-likeness (QED) is 0.674. The summed E-state index contributed by atoms with van der Waals surface area (Å²) in [5, 5.41) is 12.6. The molecule has 0 saturated carbocycles. The Bertz CT molecular complexity index is 650. The van der Waals surface area contributed by atoms with Gasteiger partial charge in [-0.1, -0.05) is 41.4 Å². The summed E-state index contributed by atoms with van der Waals surface area (Å²) in [6.07, 6.45) is -1.59. The summed E-state index contributed by atoms with van der Waals surface area (Å²) < 4.78 is 0. The van der Waals surface area contributed by atoms with E-state index in [0.29, 0.717) is 16.1 Å². The maximum Gasteiger partial charge on any atom is 0.253 e. The maximum atomic E-state index is 12.0. The van der Waals surface area contributed by atoms with Gasteiger partial charge in [0, 0.05) is 16.1 Å². The number of nitrogens with one attached hydrogen (secondary N) is 1. The molecule has 2 aromatic carbocycles. The molecule has 1 atom stereocenters. The smallest absolute Gasteiger partial charge is 0.253 e. The number of amides is 1. The highest BCUT2D eigenvalue weighted by Crippen LogP contribution is 2.10. The van der Waals surface area contributed by atoms with E-state index in [4.69, 9.17) is 11.6 Å². The van der Waals surface area contributed by atoms with Crippen LogP contribution in [0.4, 0.5) is 0 Å². The molecule has 0 heterocycles. The predicted molar refractivity (Wildman–Crippen MR) is 80.4 cm³/mol.